The van der Waals surface area contributed by atoms with Crippen LogP contribution in [0.3, 0.4) is 0 Å². The monoisotopic (exact) mass is 316 g/mol. The van der Waals surface area contributed by atoms with E-state index >= 15 is 0 Å². The maximum absolute atomic E-state index is 13.5. The predicted octanol–water partition coefficient (Wildman–Crippen LogP) is 3.80. The summed E-state index contributed by atoms with van der Waals surface area (Å²) in [6.07, 6.45) is 0. The number of nitrogens with two attached hydrogens (primary N) is 1. The van der Waals surface area contributed by atoms with E-state index in [1.165, 1.54) is 16.7 Å². The Bertz CT molecular complexity index is 918. The summed E-state index contributed by atoms with van der Waals surface area (Å²) in [5.41, 5.74) is 6.73. The van der Waals surface area contributed by atoms with Crippen molar-refractivity contribution in [2.24, 2.45) is 5.73 Å². The minimum atomic E-state index is -0.417. The SMILES string of the molecule is C[C@H](N)c1cc2cccc(Cl)c2c(=O)n1-c1cccc(F)c1. The maximum Gasteiger partial charge on any atom is 0.264 e. The number of fused-ring (bicyclic) bond motifs is 1. The van der Waals surface area contributed by atoms with Crippen LogP contribution in [0, 0.1) is 5.82 Å². The Morgan fingerprint density at radius 2 is 1.91 bits per heavy atom. The first-order chi connectivity index (χ1) is 10.5. The Morgan fingerprint density at radius 1 is 1.18 bits per heavy atom. The van der Waals surface area contributed by atoms with Crippen molar-refractivity contribution in [2.75, 3.05) is 0 Å². The van der Waals surface area contributed by atoms with Crippen LogP contribution in [0.5, 0.6) is 0 Å². The van der Waals surface area contributed by atoms with Gasteiger partial charge >= 0.3 is 0 Å². The van der Waals surface area contributed by atoms with E-state index in [9.17, 15) is 9.18 Å². The van der Waals surface area contributed by atoms with Gasteiger partial charge < -0.3 is 5.73 Å². The minimum Gasteiger partial charge on any atom is -0.323 e. The lowest BCUT2D eigenvalue weighted by atomic mass is 10.1. The van der Waals surface area contributed by atoms with Gasteiger partial charge in [0.05, 0.1) is 16.1 Å². The number of aromatic nitrogens is 1. The molecule has 0 aliphatic rings. The molecule has 1 atom stereocenters. The van der Waals surface area contributed by atoms with Crippen LogP contribution in [0.2, 0.25) is 5.02 Å². The molecule has 3 aromatic rings. The third-order valence-electron chi connectivity index (χ3n) is 3.56. The second kappa shape index (κ2) is 5.55. The van der Waals surface area contributed by atoms with E-state index in [1.807, 2.05) is 12.1 Å². The molecular weight excluding hydrogens is 303 g/mol. The normalized spacial score (nSPS) is 12.5. The second-order valence-corrected chi connectivity index (χ2v) is 5.59. The van der Waals surface area contributed by atoms with Crippen molar-refractivity contribution in [3.8, 4) is 5.69 Å². The Morgan fingerprint density at radius 3 is 2.59 bits per heavy atom. The van der Waals surface area contributed by atoms with Crippen LogP contribution in [0.25, 0.3) is 16.5 Å². The molecule has 2 aromatic carbocycles. The van der Waals surface area contributed by atoms with Gasteiger partial charge in [-0.2, -0.15) is 0 Å². The molecule has 0 radical (unpaired) electrons. The molecule has 0 saturated heterocycles. The van der Waals surface area contributed by atoms with Crippen molar-refractivity contribution in [3.05, 3.63) is 75.4 Å². The van der Waals surface area contributed by atoms with Crippen molar-refractivity contribution in [1.29, 1.82) is 0 Å². The van der Waals surface area contributed by atoms with Crippen LogP contribution < -0.4 is 11.3 Å². The van der Waals surface area contributed by atoms with Crippen molar-refractivity contribution >= 4 is 22.4 Å². The summed E-state index contributed by atoms with van der Waals surface area (Å²) < 4.78 is 15.0. The molecule has 0 aliphatic heterocycles. The Kier molecular flexibility index (Phi) is 3.72. The van der Waals surface area contributed by atoms with Crippen LogP contribution >= 0.6 is 11.6 Å². The highest BCUT2D eigenvalue weighted by Crippen LogP contribution is 2.24. The fourth-order valence-corrected chi connectivity index (χ4v) is 2.82. The topological polar surface area (TPSA) is 48.0 Å². The molecule has 1 aromatic heterocycles. The lowest BCUT2D eigenvalue weighted by Crippen LogP contribution is -2.25. The molecule has 5 heteroatoms. The third-order valence-corrected chi connectivity index (χ3v) is 3.87. The highest BCUT2D eigenvalue weighted by Gasteiger charge is 2.15. The van der Waals surface area contributed by atoms with Crippen molar-refractivity contribution in [1.82, 2.24) is 4.57 Å². The summed E-state index contributed by atoms with van der Waals surface area (Å²) in [6.45, 7) is 1.78. The summed E-state index contributed by atoms with van der Waals surface area (Å²) in [5, 5.41) is 1.49. The van der Waals surface area contributed by atoms with Gasteiger partial charge in [-0.15, -0.1) is 0 Å². The van der Waals surface area contributed by atoms with Gasteiger partial charge in [0.25, 0.3) is 5.56 Å². The van der Waals surface area contributed by atoms with Crippen LogP contribution in [-0.2, 0) is 0 Å². The minimum absolute atomic E-state index is 0.305. The molecule has 2 N–H and O–H groups in total. The van der Waals surface area contributed by atoms with Crippen LogP contribution in [0.1, 0.15) is 18.7 Å². The van der Waals surface area contributed by atoms with Gasteiger partial charge in [-0.1, -0.05) is 29.8 Å². The summed E-state index contributed by atoms with van der Waals surface area (Å²) in [4.78, 5) is 12.9. The number of nitrogens with zero attached hydrogens (tertiary/aromatic N) is 1. The zero-order valence-electron chi connectivity index (χ0n) is 11.9. The first-order valence-corrected chi connectivity index (χ1v) is 7.22. The van der Waals surface area contributed by atoms with Gasteiger partial charge in [-0.05, 0) is 42.6 Å². The average molecular weight is 317 g/mol. The Balaban J connectivity index is 2.46. The quantitative estimate of drug-likeness (QED) is 0.781. The molecule has 3 rings (SSSR count). The number of rotatable bonds is 2. The number of hydrogen-bond donors (Lipinski definition) is 1. The van der Waals surface area contributed by atoms with Gasteiger partial charge in [0.15, 0.2) is 0 Å². The van der Waals surface area contributed by atoms with E-state index in [0.717, 1.165) is 5.39 Å². The number of benzene rings is 2. The first kappa shape index (κ1) is 14.8. The van der Waals surface area contributed by atoms with Crippen LogP contribution in [0.4, 0.5) is 4.39 Å². The highest BCUT2D eigenvalue weighted by molar-refractivity contribution is 6.35. The Labute approximate surface area is 131 Å². The van der Waals surface area contributed by atoms with E-state index in [0.29, 0.717) is 21.8 Å². The van der Waals surface area contributed by atoms with Crippen molar-refractivity contribution in [2.45, 2.75) is 13.0 Å². The predicted molar refractivity (Wildman–Crippen MR) is 87.1 cm³/mol. The van der Waals surface area contributed by atoms with Crippen molar-refractivity contribution < 1.29 is 4.39 Å². The molecule has 0 aliphatic carbocycles. The second-order valence-electron chi connectivity index (χ2n) is 5.18. The molecular formula is C17H14ClFN2O. The molecule has 0 bridgehead atoms. The molecule has 0 spiro atoms. The number of halogens is 2. The fourth-order valence-electron chi connectivity index (χ4n) is 2.56. The average Bonchev–Trinajstić information content (AvgIpc) is 2.46. The molecule has 0 unspecified atom stereocenters. The van der Waals surface area contributed by atoms with E-state index in [4.69, 9.17) is 17.3 Å². The summed E-state index contributed by atoms with van der Waals surface area (Å²) >= 11 is 6.17. The molecule has 3 nitrogen and oxygen atoms in total. The van der Waals surface area contributed by atoms with E-state index in [1.54, 1.807) is 31.2 Å². The fraction of sp³-hybridized carbons (Fsp3) is 0.118. The van der Waals surface area contributed by atoms with Gasteiger partial charge in [0.1, 0.15) is 5.82 Å². The van der Waals surface area contributed by atoms with E-state index in [2.05, 4.69) is 0 Å². The van der Waals surface area contributed by atoms with Crippen molar-refractivity contribution in [3.63, 3.8) is 0 Å². The molecule has 0 saturated carbocycles. The van der Waals surface area contributed by atoms with E-state index in [-0.39, 0.29) is 11.6 Å². The molecule has 0 amide bonds. The smallest absolute Gasteiger partial charge is 0.264 e. The van der Waals surface area contributed by atoms with Crippen LogP contribution in [-0.4, -0.2) is 4.57 Å². The van der Waals surface area contributed by atoms with E-state index < -0.39 is 5.82 Å². The van der Waals surface area contributed by atoms with Gasteiger partial charge in [0, 0.05) is 11.7 Å². The molecule has 0 fully saturated rings. The van der Waals surface area contributed by atoms with Gasteiger partial charge in [0.2, 0.25) is 0 Å². The lowest BCUT2D eigenvalue weighted by molar-refractivity contribution is 0.625. The highest BCUT2D eigenvalue weighted by atomic mass is 35.5. The zero-order valence-corrected chi connectivity index (χ0v) is 12.6. The maximum atomic E-state index is 13.5. The number of pyridine rings is 1. The standard InChI is InChI=1S/C17H14ClFN2O/c1-10(20)15-8-11-4-2-7-14(18)16(11)17(22)21(15)13-6-3-5-12(19)9-13/h2-10H,20H2,1H3/t10-/m0/s1. The van der Waals surface area contributed by atoms with Crippen LogP contribution in [0.15, 0.2) is 53.3 Å². The zero-order chi connectivity index (χ0) is 15.9. The summed E-state index contributed by atoms with van der Waals surface area (Å²) in [7, 11) is 0. The summed E-state index contributed by atoms with van der Waals surface area (Å²) in [5.74, 6) is -0.417. The molecule has 1 heterocycles. The first-order valence-electron chi connectivity index (χ1n) is 6.85. The number of hydrogen-bond acceptors (Lipinski definition) is 2. The molecule has 112 valence electrons. The lowest BCUT2D eigenvalue weighted by Gasteiger charge is -2.17. The van der Waals surface area contributed by atoms with Gasteiger partial charge in [-0.25, -0.2) is 4.39 Å². The third kappa shape index (κ3) is 2.40. The molecule has 22 heavy (non-hydrogen) atoms. The largest absolute Gasteiger partial charge is 0.323 e. The summed E-state index contributed by atoms with van der Waals surface area (Å²) in [6, 6.07) is 12.5. The Hall–Kier alpha value is -2.17. The van der Waals surface area contributed by atoms with Gasteiger partial charge in [-0.3, -0.25) is 9.36 Å².